The molecule has 0 radical (unpaired) electrons. The lowest BCUT2D eigenvalue weighted by Crippen LogP contribution is -2.30. The first-order valence-corrected chi connectivity index (χ1v) is 30.2. The van der Waals surface area contributed by atoms with Crippen LogP contribution in [-0.2, 0) is 28.6 Å². The predicted molar refractivity (Wildman–Crippen MR) is 320 cm³/mol. The van der Waals surface area contributed by atoms with Crippen molar-refractivity contribution in [2.24, 2.45) is 0 Å². The lowest BCUT2D eigenvalue weighted by atomic mass is 10.0. The monoisotopic (exact) mass is 1020 g/mol. The van der Waals surface area contributed by atoms with Gasteiger partial charge in [0.1, 0.15) is 13.2 Å². The van der Waals surface area contributed by atoms with Crippen LogP contribution in [0.1, 0.15) is 258 Å². The normalized spacial score (nSPS) is 13.1. The second-order valence-corrected chi connectivity index (χ2v) is 19.5. The highest BCUT2D eigenvalue weighted by molar-refractivity contribution is 5.71. The SMILES string of the molecule is CC/C=C\C/C=C\C/C=C\C/C=C\C/C=C\C/C=C\CCCCCCCCCCCCCCCCC(=O)OCC(COC(=O)CCCCCCC/C=C\CCC)OC(=O)CC/C=C\C/C=C\C/C=C\C/C=C\CC. The van der Waals surface area contributed by atoms with Gasteiger partial charge in [0.25, 0.3) is 0 Å². The quantitative estimate of drug-likeness (QED) is 0.0261. The molecule has 0 aliphatic carbocycles. The molecule has 0 bridgehead atoms. The number of ether oxygens (including phenoxy) is 3. The van der Waals surface area contributed by atoms with Gasteiger partial charge in [-0.25, -0.2) is 0 Å². The molecule has 6 heteroatoms. The van der Waals surface area contributed by atoms with Crippen LogP contribution in [0, 0.1) is 0 Å². The van der Waals surface area contributed by atoms with Crippen molar-refractivity contribution >= 4 is 17.9 Å². The van der Waals surface area contributed by atoms with Gasteiger partial charge in [0.15, 0.2) is 6.10 Å². The Bertz CT molecular complexity index is 1600. The van der Waals surface area contributed by atoms with Crippen LogP contribution in [0.2, 0.25) is 0 Å². The van der Waals surface area contributed by atoms with Crippen LogP contribution in [-0.4, -0.2) is 37.2 Å². The molecule has 0 aliphatic heterocycles. The Labute approximate surface area is 455 Å². The zero-order chi connectivity index (χ0) is 53.6. The molecule has 0 rings (SSSR count). The summed E-state index contributed by atoms with van der Waals surface area (Å²) in [5.74, 6) is -1.01. The molecule has 1 atom stereocenters. The van der Waals surface area contributed by atoms with Crippen molar-refractivity contribution in [2.75, 3.05) is 13.2 Å². The summed E-state index contributed by atoms with van der Waals surface area (Å²) < 4.78 is 16.7. The second kappa shape index (κ2) is 61.1. The molecular formula is C68H110O6. The van der Waals surface area contributed by atoms with E-state index in [0.717, 1.165) is 122 Å². The summed E-state index contributed by atoms with van der Waals surface area (Å²) in [7, 11) is 0. The number of esters is 3. The van der Waals surface area contributed by atoms with Crippen molar-refractivity contribution in [3.05, 3.63) is 134 Å². The number of rotatable bonds is 53. The van der Waals surface area contributed by atoms with Gasteiger partial charge < -0.3 is 14.2 Å². The van der Waals surface area contributed by atoms with E-state index in [1.54, 1.807) is 0 Å². The zero-order valence-electron chi connectivity index (χ0n) is 47.8. The summed E-state index contributed by atoms with van der Waals surface area (Å²) in [5, 5.41) is 0. The van der Waals surface area contributed by atoms with Gasteiger partial charge in [0, 0.05) is 19.3 Å². The second-order valence-electron chi connectivity index (χ2n) is 19.5. The van der Waals surface area contributed by atoms with Crippen molar-refractivity contribution in [3.8, 4) is 0 Å². The Kier molecular flexibility index (Phi) is 57.4. The summed E-state index contributed by atoms with van der Waals surface area (Å²) in [6, 6.07) is 0. The highest BCUT2D eigenvalue weighted by Crippen LogP contribution is 2.15. The van der Waals surface area contributed by atoms with E-state index in [1.807, 2.05) is 12.2 Å². The molecule has 0 aromatic heterocycles. The van der Waals surface area contributed by atoms with Crippen LogP contribution in [0.25, 0.3) is 0 Å². The predicted octanol–water partition coefficient (Wildman–Crippen LogP) is 20.6. The van der Waals surface area contributed by atoms with E-state index in [0.29, 0.717) is 19.3 Å². The molecule has 0 fully saturated rings. The van der Waals surface area contributed by atoms with E-state index in [9.17, 15) is 14.4 Å². The number of carbonyl (C=O) groups excluding carboxylic acids is 3. The number of hydrogen-bond acceptors (Lipinski definition) is 6. The van der Waals surface area contributed by atoms with Crippen LogP contribution < -0.4 is 0 Å². The van der Waals surface area contributed by atoms with Crippen LogP contribution in [0.4, 0.5) is 0 Å². The molecule has 418 valence electrons. The Morgan fingerprint density at radius 2 is 0.554 bits per heavy atom. The van der Waals surface area contributed by atoms with E-state index in [4.69, 9.17) is 14.2 Å². The first-order valence-electron chi connectivity index (χ1n) is 30.2. The molecular weight excluding hydrogens is 913 g/mol. The van der Waals surface area contributed by atoms with E-state index in [-0.39, 0.29) is 31.6 Å². The largest absolute Gasteiger partial charge is 0.462 e. The number of hydrogen-bond donors (Lipinski definition) is 0. The Morgan fingerprint density at radius 1 is 0.284 bits per heavy atom. The molecule has 0 saturated heterocycles. The van der Waals surface area contributed by atoms with Crippen LogP contribution in [0.5, 0.6) is 0 Å². The molecule has 0 spiro atoms. The molecule has 0 amide bonds. The Morgan fingerprint density at radius 3 is 0.892 bits per heavy atom. The van der Waals surface area contributed by atoms with E-state index in [1.165, 1.54) is 89.9 Å². The summed E-state index contributed by atoms with van der Waals surface area (Å²) in [6.07, 6.45) is 86.3. The molecule has 0 aliphatic rings. The maximum Gasteiger partial charge on any atom is 0.306 e. The van der Waals surface area contributed by atoms with E-state index >= 15 is 0 Å². The van der Waals surface area contributed by atoms with Crippen molar-refractivity contribution in [3.63, 3.8) is 0 Å². The van der Waals surface area contributed by atoms with Crippen LogP contribution in [0.15, 0.2) is 134 Å². The Hall–Kier alpha value is -4.45. The standard InChI is InChI=1S/C68H110O6/c1-4-7-10-13-16-19-22-24-25-26-27-28-29-30-31-32-33-34-35-36-37-38-39-40-41-42-43-45-46-49-52-55-58-61-67(70)73-64-65(63-72-66(69)60-57-54-51-48-21-18-15-12-9-6-3)74-68(71)62-59-56-53-50-47-44-23-20-17-14-11-8-5-2/h7-8,10-12,15-17,19-20,24-25,27-28,30-31,33-34,44,47,53,56,65H,4-6,9,13-14,18,21-23,26,29,32,35-43,45-46,48-52,54-55,57-64H2,1-3H3/b10-7-,11-8-,15-12-,19-16-,20-17-,25-24-,28-27-,31-30-,34-33-,47-44-,56-53-. The van der Waals surface area contributed by atoms with Crippen molar-refractivity contribution < 1.29 is 28.6 Å². The van der Waals surface area contributed by atoms with Gasteiger partial charge in [-0.05, 0) is 116 Å². The van der Waals surface area contributed by atoms with Crippen LogP contribution >= 0.6 is 0 Å². The topological polar surface area (TPSA) is 78.9 Å². The molecule has 0 heterocycles. The van der Waals surface area contributed by atoms with Gasteiger partial charge in [0.05, 0.1) is 0 Å². The van der Waals surface area contributed by atoms with Gasteiger partial charge in [0.2, 0.25) is 0 Å². The van der Waals surface area contributed by atoms with Crippen molar-refractivity contribution in [2.45, 2.75) is 264 Å². The Balaban J connectivity index is 4.16. The average molecular weight is 1020 g/mol. The smallest absolute Gasteiger partial charge is 0.306 e. The summed E-state index contributed by atoms with van der Waals surface area (Å²) in [4.78, 5) is 38.0. The zero-order valence-corrected chi connectivity index (χ0v) is 47.8. The highest BCUT2D eigenvalue weighted by atomic mass is 16.6. The van der Waals surface area contributed by atoms with Gasteiger partial charge in [-0.2, -0.15) is 0 Å². The maximum atomic E-state index is 12.8. The minimum Gasteiger partial charge on any atom is -0.462 e. The fraction of sp³-hybridized carbons (Fsp3) is 0.632. The molecule has 0 N–H and O–H groups in total. The maximum absolute atomic E-state index is 12.8. The van der Waals surface area contributed by atoms with Gasteiger partial charge in [-0.15, -0.1) is 0 Å². The van der Waals surface area contributed by atoms with Crippen molar-refractivity contribution in [1.82, 2.24) is 0 Å². The fourth-order valence-corrected chi connectivity index (χ4v) is 7.93. The number of carbonyl (C=O) groups is 3. The third-order valence-corrected chi connectivity index (χ3v) is 12.4. The molecule has 0 saturated carbocycles. The molecule has 0 aromatic rings. The molecule has 1 unspecified atom stereocenters. The molecule has 0 aromatic carbocycles. The third kappa shape index (κ3) is 58.4. The number of allylic oxidation sites excluding steroid dienone is 22. The summed E-state index contributed by atoms with van der Waals surface area (Å²) in [5.41, 5.74) is 0. The molecule has 74 heavy (non-hydrogen) atoms. The van der Waals surface area contributed by atoms with Gasteiger partial charge >= 0.3 is 17.9 Å². The van der Waals surface area contributed by atoms with Gasteiger partial charge in [-0.1, -0.05) is 257 Å². The third-order valence-electron chi connectivity index (χ3n) is 12.4. The van der Waals surface area contributed by atoms with Gasteiger partial charge in [-0.3, -0.25) is 14.4 Å². The summed E-state index contributed by atoms with van der Waals surface area (Å²) in [6.45, 7) is 6.27. The van der Waals surface area contributed by atoms with Crippen LogP contribution in [0.3, 0.4) is 0 Å². The average Bonchev–Trinajstić information content (AvgIpc) is 3.40. The van der Waals surface area contributed by atoms with E-state index in [2.05, 4.69) is 142 Å². The fourth-order valence-electron chi connectivity index (χ4n) is 7.93. The highest BCUT2D eigenvalue weighted by Gasteiger charge is 2.19. The summed E-state index contributed by atoms with van der Waals surface area (Å²) >= 11 is 0. The first-order chi connectivity index (χ1) is 36.5. The minimum absolute atomic E-state index is 0.112. The molecule has 6 nitrogen and oxygen atoms in total. The lowest BCUT2D eigenvalue weighted by Gasteiger charge is -2.18. The van der Waals surface area contributed by atoms with Crippen molar-refractivity contribution in [1.29, 1.82) is 0 Å². The first kappa shape index (κ1) is 69.5. The van der Waals surface area contributed by atoms with E-state index < -0.39 is 12.1 Å². The number of unbranched alkanes of at least 4 members (excludes halogenated alkanes) is 20. The minimum atomic E-state index is -0.821. The lowest BCUT2D eigenvalue weighted by molar-refractivity contribution is -0.166.